The normalized spacial score (nSPS) is 11.4. The fourth-order valence-corrected chi connectivity index (χ4v) is 3.90. The Balaban J connectivity index is 2.27. The van der Waals surface area contributed by atoms with E-state index in [1.807, 2.05) is 12.1 Å². The van der Waals surface area contributed by atoms with Crippen LogP contribution in [-0.2, 0) is 15.4 Å². The molecule has 96 valence electrons. The van der Waals surface area contributed by atoms with Crippen LogP contribution in [0.1, 0.15) is 10.6 Å². The number of sulfonamides is 1. The highest BCUT2D eigenvalue weighted by Crippen LogP contribution is 2.22. The lowest BCUT2D eigenvalue weighted by Crippen LogP contribution is -2.11. The molecule has 4 nitrogen and oxygen atoms in total. The summed E-state index contributed by atoms with van der Waals surface area (Å²) in [5.74, 6) is 0. The van der Waals surface area contributed by atoms with Crippen molar-refractivity contribution in [2.45, 2.75) is 16.5 Å². The van der Waals surface area contributed by atoms with Crippen LogP contribution in [0.15, 0.2) is 34.7 Å². The van der Waals surface area contributed by atoms with Gasteiger partial charge in [0.25, 0.3) is 10.0 Å². The minimum absolute atomic E-state index is 0.226. The fourth-order valence-electron chi connectivity index (χ4n) is 1.39. The second-order valence-electron chi connectivity index (χ2n) is 3.64. The maximum atomic E-state index is 12.1. The van der Waals surface area contributed by atoms with E-state index in [4.69, 9.17) is 0 Å². The zero-order chi connectivity index (χ0) is 13.2. The fraction of sp³-hybridized carbons (Fsp3) is 0.182. The first-order valence-corrected chi connectivity index (χ1v) is 8.53. The lowest BCUT2D eigenvalue weighted by atomic mass is 10.2. The molecule has 0 bridgehead atoms. The van der Waals surface area contributed by atoms with Crippen LogP contribution in [0.4, 0.5) is 5.69 Å². The molecule has 0 spiro atoms. The van der Waals surface area contributed by atoms with Crippen molar-refractivity contribution in [1.29, 1.82) is 0 Å². The molecule has 2 aromatic rings. The molecule has 7 heteroatoms. The molecule has 0 saturated carbocycles. The second-order valence-corrected chi connectivity index (χ2v) is 7.34. The van der Waals surface area contributed by atoms with Crippen LogP contribution in [0.3, 0.4) is 0 Å². The summed E-state index contributed by atoms with van der Waals surface area (Å²) in [5, 5.41) is 1.41. The van der Waals surface area contributed by atoms with E-state index in [1.54, 1.807) is 19.1 Å². The van der Waals surface area contributed by atoms with Gasteiger partial charge in [-0.05, 0) is 24.6 Å². The van der Waals surface area contributed by atoms with E-state index in [-0.39, 0.29) is 4.21 Å². The number of nitrogens with zero attached hydrogens (tertiary/aromatic N) is 1. The molecule has 0 atom stereocenters. The van der Waals surface area contributed by atoms with Crippen molar-refractivity contribution in [2.75, 3.05) is 4.72 Å². The van der Waals surface area contributed by atoms with Crippen LogP contribution in [-0.4, -0.2) is 13.4 Å². The van der Waals surface area contributed by atoms with E-state index in [0.717, 1.165) is 21.9 Å². The number of halogens is 1. The molecule has 1 heterocycles. The molecule has 1 N–H and O–H groups in total. The maximum Gasteiger partial charge on any atom is 0.273 e. The number of hydrogen-bond acceptors (Lipinski definition) is 4. The molecule has 1 aromatic heterocycles. The number of hydrogen-bond donors (Lipinski definition) is 1. The summed E-state index contributed by atoms with van der Waals surface area (Å²) >= 11 is 4.49. The summed E-state index contributed by atoms with van der Waals surface area (Å²) < 4.78 is 26.9. The Morgan fingerprint density at radius 2 is 2.22 bits per heavy atom. The predicted octanol–water partition coefficient (Wildman–Crippen LogP) is 3.15. The lowest BCUT2D eigenvalue weighted by molar-refractivity contribution is 0.603. The molecule has 2 rings (SSSR count). The maximum absolute atomic E-state index is 12.1. The molecule has 1 aromatic carbocycles. The largest absolute Gasteiger partial charge is 0.279 e. The number of thiazole rings is 1. The first kappa shape index (κ1) is 13.5. The van der Waals surface area contributed by atoms with Crippen molar-refractivity contribution in [3.05, 3.63) is 41.0 Å². The first-order valence-electron chi connectivity index (χ1n) is 5.11. The molecule has 0 radical (unpaired) electrons. The molecule has 0 unspecified atom stereocenters. The molecule has 0 aliphatic carbocycles. The van der Waals surface area contributed by atoms with E-state index in [9.17, 15) is 8.42 Å². The first-order chi connectivity index (χ1) is 8.51. The molecular formula is C11H11BrN2O2S2. The van der Waals surface area contributed by atoms with Gasteiger partial charge in [0.05, 0.1) is 11.2 Å². The highest BCUT2D eigenvalue weighted by molar-refractivity contribution is 9.08. The van der Waals surface area contributed by atoms with Crippen LogP contribution in [0.25, 0.3) is 0 Å². The van der Waals surface area contributed by atoms with Gasteiger partial charge in [-0.25, -0.2) is 13.4 Å². The van der Waals surface area contributed by atoms with Crippen LogP contribution in [0.5, 0.6) is 0 Å². The van der Waals surface area contributed by atoms with Crippen LogP contribution >= 0.6 is 27.3 Å². The Bertz CT molecular complexity index is 653. The van der Waals surface area contributed by atoms with Crippen molar-refractivity contribution >= 4 is 43.0 Å². The number of aryl methyl sites for hydroxylation is 1. The molecule has 0 saturated heterocycles. The van der Waals surface area contributed by atoms with Gasteiger partial charge in [0.15, 0.2) is 4.21 Å². The summed E-state index contributed by atoms with van der Waals surface area (Å²) in [6.45, 7) is 1.77. The van der Waals surface area contributed by atoms with Crippen LogP contribution < -0.4 is 4.72 Å². The molecule has 18 heavy (non-hydrogen) atoms. The average molecular weight is 347 g/mol. The Labute approximate surface area is 118 Å². The van der Waals surface area contributed by atoms with Gasteiger partial charge in [-0.2, -0.15) is 0 Å². The lowest BCUT2D eigenvalue weighted by Gasteiger charge is -2.06. The number of benzene rings is 1. The Kier molecular flexibility index (Phi) is 4.04. The minimum Gasteiger partial charge on any atom is -0.279 e. The molecular weight excluding hydrogens is 336 g/mol. The van der Waals surface area contributed by atoms with Gasteiger partial charge in [-0.15, -0.1) is 11.3 Å². The smallest absolute Gasteiger partial charge is 0.273 e. The van der Waals surface area contributed by atoms with E-state index in [2.05, 4.69) is 25.6 Å². The highest BCUT2D eigenvalue weighted by Gasteiger charge is 2.17. The van der Waals surface area contributed by atoms with Gasteiger partial charge >= 0.3 is 0 Å². The number of alkyl halides is 1. The van der Waals surface area contributed by atoms with Crippen molar-refractivity contribution in [3.8, 4) is 0 Å². The van der Waals surface area contributed by atoms with Crippen molar-refractivity contribution in [3.63, 3.8) is 0 Å². The summed E-state index contributed by atoms with van der Waals surface area (Å²) in [7, 11) is -3.53. The standard InChI is InChI=1S/C11H11BrN2O2S2/c1-8-13-7-11(17-8)18(15,16)14-10-4-2-3-9(5-10)6-12/h2-5,7,14H,6H2,1H3. The van der Waals surface area contributed by atoms with Crippen LogP contribution in [0, 0.1) is 6.92 Å². The monoisotopic (exact) mass is 346 g/mol. The molecule has 0 fully saturated rings. The zero-order valence-corrected chi connectivity index (χ0v) is 12.8. The molecule has 0 aliphatic heterocycles. The predicted molar refractivity (Wildman–Crippen MR) is 76.7 cm³/mol. The summed E-state index contributed by atoms with van der Waals surface area (Å²) in [5.41, 5.74) is 1.56. The van der Waals surface area contributed by atoms with Gasteiger partial charge in [0.2, 0.25) is 0 Å². The quantitative estimate of drug-likeness (QED) is 0.865. The number of anilines is 1. The van der Waals surface area contributed by atoms with Crippen molar-refractivity contribution in [2.24, 2.45) is 0 Å². The Hall–Kier alpha value is -0.920. The van der Waals surface area contributed by atoms with Crippen molar-refractivity contribution in [1.82, 2.24) is 4.98 Å². The van der Waals surface area contributed by atoms with Gasteiger partial charge in [0.1, 0.15) is 0 Å². The van der Waals surface area contributed by atoms with Gasteiger partial charge in [-0.3, -0.25) is 4.72 Å². The SMILES string of the molecule is Cc1ncc(S(=O)(=O)Nc2cccc(CBr)c2)s1. The van der Waals surface area contributed by atoms with Crippen molar-refractivity contribution < 1.29 is 8.42 Å². The van der Waals surface area contributed by atoms with Gasteiger partial charge in [0, 0.05) is 11.0 Å². The average Bonchev–Trinajstić information content (AvgIpc) is 2.76. The second kappa shape index (κ2) is 5.38. The highest BCUT2D eigenvalue weighted by atomic mass is 79.9. The van der Waals surface area contributed by atoms with Gasteiger partial charge < -0.3 is 0 Å². The summed E-state index contributed by atoms with van der Waals surface area (Å²) in [4.78, 5) is 3.95. The summed E-state index contributed by atoms with van der Waals surface area (Å²) in [6, 6.07) is 7.24. The topological polar surface area (TPSA) is 59.1 Å². The third-order valence-electron chi connectivity index (χ3n) is 2.20. The van der Waals surface area contributed by atoms with Gasteiger partial charge in [-0.1, -0.05) is 28.1 Å². The van der Waals surface area contributed by atoms with E-state index in [0.29, 0.717) is 11.0 Å². The molecule has 0 amide bonds. The number of rotatable bonds is 4. The number of aromatic nitrogens is 1. The Morgan fingerprint density at radius 1 is 1.44 bits per heavy atom. The summed E-state index contributed by atoms with van der Waals surface area (Å²) in [6.07, 6.45) is 1.37. The third kappa shape index (κ3) is 3.09. The number of nitrogens with one attached hydrogen (secondary N) is 1. The Morgan fingerprint density at radius 3 is 2.83 bits per heavy atom. The minimum atomic E-state index is -3.53. The third-order valence-corrected chi connectivity index (χ3v) is 5.60. The molecule has 0 aliphatic rings. The van der Waals surface area contributed by atoms with Crippen LogP contribution in [0.2, 0.25) is 0 Å². The van der Waals surface area contributed by atoms with E-state index < -0.39 is 10.0 Å². The van der Waals surface area contributed by atoms with E-state index >= 15 is 0 Å². The van der Waals surface area contributed by atoms with E-state index in [1.165, 1.54) is 6.20 Å². The zero-order valence-electron chi connectivity index (χ0n) is 9.55.